The van der Waals surface area contributed by atoms with Crippen molar-refractivity contribution >= 4 is 0 Å². The monoisotopic (exact) mass is 355 g/mol. The van der Waals surface area contributed by atoms with Gasteiger partial charge in [0.15, 0.2) is 11.6 Å². The maximum absolute atomic E-state index is 13.9. The molecule has 2 aromatic carbocycles. The summed E-state index contributed by atoms with van der Waals surface area (Å²) < 4.78 is 32.7. The number of halogens is 2. The molecule has 1 aromatic heterocycles. The summed E-state index contributed by atoms with van der Waals surface area (Å²) in [6.45, 7) is 3.85. The molecule has 4 nitrogen and oxygen atoms in total. The Balaban J connectivity index is 1.46. The van der Waals surface area contributed by atoms with E-state index in [1.807, 2.05) is 31.2 Å². The summed E-state index contributed by atoms with van der Waals surface area (Å²) in [6, 6.07) is 12.2. The van der Waals surface area contributed by atoms with E-state index in [0.717, 1.165) is 30.2 Å². The number of nitrogens with zero attached hydrogens (tertiary/aromatic N) is 3. The Morgan fingerprint density at radius 1 is 1.15 bits per heavy atom. The minimum absolute atomic E-state index is 0.108. The minimum Gasteiger partial charge on any atom is -0.339 e. The van der Waals surface area contributed by atoms with Crippen LogP contribution in [0.5, 0.6) is 0 Å². The molecule has 0 N–H and O–H groups in total. The predicted molar refractivity (Wildman–Crippen MR) is 93.5 cm³/mol. The van der Waals surface area contributed by atoms with Gasteiger partial charge in [-0.25, -0.2) is 8.78 Å². The van der Waals surface area contributed by atoms with E-state index in [1.165, 1.54) is 6.07 Å². The second kappa shape index (κ2) is 6.96. The fourth-order valence-electron chi connectivity index (χ4n) is 3.42. The molecule has 2 heterocycles. The van der Waals surface area contributed by atoms with Gasteiger partial charge < -0.3 is 4.52 Å². The van der Waals surface area contributed by atoms with Crippen molar-refractivity contribution < 1.29 is 13.3 Å². The van der Waals surface area contributed by atoms with E-state index in [2.05, 4.69) is 15.0 Å². The molecular weight excluding hydrogens is 336 g/mol. The highest BCUT2D eigenvalue weighted by atomic mass is 19.2. The lowest BCUT2D eigenvalue weighted by Gasteiger charge is -2.15. The maximum atomic E-state index is 13.9. The first-order valence-corrected chi connectivity index (χ1v) is 8.66. The van der Waals surface area contributed by atoms with E-state index < -0.39 is 11.6 Å². The van der Waals surface area contributed by atoms with Crippen molar-refractivity contribution in [2.45, 2.75) is 25.8 Å². The molecule has 0 spiro atoms. The largest absolute Gasteiger partial charge is 0.339 e. The number of rotatable bonds is 4. The lowest BCUT2D eigenvalue weighted by atomic mass is 10.1. The fourth-order valence-corrected chi connectivity index (χ4v) is 3.42. The quantitative estimate of drug-likeness (QED) is 0.699. The van der Waals surface area contributed by atoms with Crippen LogP contribution in [0.25, 0.3) is 11.4 Å². The number of hydrogen-bond acceptors (Lipinski definition) is 4. The summed E-state index contributed by atoms with van der Waals surface area (Å²) >= 11 is 0. The number of aromatic nitrogens is 2. The number of likely N-dealkylation sites (tertiary alicyclic amines) is 1. The second-order valence-electron chi connectivity index (χ2n) is 6.70. The molecule has 0 radical (unpaired) electrons. The van der Waals surface area contributed by atoms with Gasteiger partial charge >= 0.3 is 0 Å². The number of aryl methyl sites for hydroxylation is 1. The molecule has 134 valence electrons. The van der Waals surface area contributed by atoms with E-state index >= 15 is 0 Å². The Morgan fingerprint density at radius 2 is 2.00 bits per heavy atom. The van der Waals surface area contributed by atoms with Crippen molar-refractivity contribution in [3.63, 3.8) is 0 Å². The Bertz CT molecular complexity index is 925. The zero-order chi connectivity index (χ0) is 18.1. The molecule has 0 bridgehead atoms. The molecule has 1 aliphatic heterocycles. The number of benzene rings is 2. The van der Waals surface area contributed by atoms with Gasteiger partial charge in [0.1, 0.15) is 0 Å². The summed E-state index contributed by atoms with van der Waals surface area (Å²) in [5.74, 6) is -0.274. The Hall–Kier alpha value is -2.60. The predicted octanol–water partition coefficient (Wildman–Crippen LogP) is 4.31. The zero-order valence-electron chi connectivity index (χ0n) is 14.5. The van der Waals surface area contributed by atoms with Gasteiger partial charge in [0.2, 0.25) is 11.7 Å². The molecule has 1 atom stereocenters. The molecule has 0 saturated carbocycles. The van der Waals surface area contributed by atoms with Crippen molar-refractivity contribution in [2.75, 3.05) is 13.1 Å². The van der Waals surface area contributed by atoms with Gasteiger partial charge in [-0.1, -0.05) is 41.6 Å². The summed E-state index contributed by atoms with van der Waals surface area (Å²) in [7, 11) is 0. The van der Waals surface area contributed by atoms with Crippen LogP contribution < -0.4 is 0 Å². The van der Waals surface area contributed by atoms with Crippen molar-refractivity contribution in [3.8, 4) is 11.4 Å². The first kappa shape index (κ1) is 16.8. The van der Waals surface area contributed by atoms with Crippen molar-refractivity contribution in [1.82, 2.24) is 15.0 Å². The lowest BCUT2D eigenvalue weighted by molar-refractivity contribution is 0.303. The average Bonchev–Trinajstić information content (AvgIpc) is 3.29. The molecule has 0 amide bonds. The number of hydrogen-bond donors (Lipinski definition) is 0. The third-order valence-corrected chi connectivity index (χ3v) is 4.87. The fraction of sp³-hybridized carbons (Fsp3) is 0.300. The topological polar surface area (TPSA) is 42.2 Å². The van der Waals surface area contributed by atoms with Crippen LogP contribution in [-0.2, 0) is 6.54 Å². The van der Waals surface area contributed by atoms with Gasteiger partial charge in [0, 0.05) is 24.2 Å². The Kier molecular flexibility index (Phi) is 4.51. The van der Waals surface area contributed by atoms with Crippen molar-refractivity contribution in [2.24, 2.45) is 0 Å². The van der Waals surface area contributed by atoms with Gasteiger partial charge in [-0.2, -0.15) is 4.98 Å². The molecule has 1 fully saturated rings. The smallest absolute Gasteiger partial charge is 0.231 e. The lowest BCUT2D eigenvalue weighted by Crippen LogP contribution is -2.20. The van der Waals surface area contributed by atoms with Crippen LogP contribution in [0.3, 0.4) is 0 Å². The zero-order valence-corrected chi connectivity index (χ0v) is 14.5. The molecule has 0 unspecified atom stereocenters. The van der Waals surface area contributed by atoms with Crippen molar-refractivity contribution in [1.29, 1.82) is 0 Å². The molecule has 0 aliphatic carbocycles. The van der Waals surface area contributed by atoms with Gasteiger partial charge in [0.25, 0.3) is 0 Å². The molecular formula is C20H19F2N3O. The Labute approximate surface area is 150 Å². The van der Waals surface area contributed by atoms with Crippen LogP contribution in [0, 0.1) is 18.6 Å². The van der Waals surface area contributed by atoms with E-state index in [-0.39, 0.29) is 5.92 Å². The van der Waals surface area contributed by atoms with Crippen LogP contribution in [0.15, 0.2) is 47.0 Å². The SMILES string of the molecule is Cc1ccccc1-c1noc([C@H]2CCN(Cc3cccc(F)c3F)C2)n1. The first-order valence-electron chi connectivity index (χ1n) is 8.66. The summed E-state index contributed by atoms with van der Waals surface area (Å²) in [4.78, 5) is 6.64. The molecule has 4 rings (SSSR count). The molecule has 1 aliphatic rings. The summed E-state index contributed by atoms with van der Waals surface area (Å²) in [5, 5.41) is 4.11. The van der Waals surface area contributed by atoms with Crippen LogP contribution in [0.1, 0.15) is 29.4 Å². The highest BCUT2D eigenvalue weighted by molar-refractivity contribution is 5.59. The molecule has 1 saturated heterocycles. The first-order chi connectivity index (χ1) is 12.6. The van der Waals surface area contributed by atoms with Crippen LogP contribution in [-0.4, -0.2) is 28.1 Å². The van der Waals surface area contributed by atoms with E-state index in [4.69, 9.17) is 4.52 Å². The van der Waals surface area contributed by atoms with E-state index in [1.54, 1.807) is 6.07 Å². The molecule has 6 heteroatoms. The summed E-state index contributed by atoms with van der Waals surface area (Å²) in [6.07, 6.45) is 0.854. The van der Waals surface area contributed by atoms with Gasteiger partial charge in [0.05, 0.1) is 5.92 Å². The van der Waals surface area contributed by atoms with Crippen LogP contribution in [0.4, 0.5) is 8.78 Å². The normalized spacial score (nSPS) is 17.7. The van der Waals surface area contributed by atoms with Gasteiger partial charge in [-0.15, -0.1) is 0 Å². The summed E-state index contributed by atoms with van der Waals surface area (Å²) in [5.41, 5.74) is 2.42. The second-order valence-corrected chi connectivity index (χ2v) is 6.70. The van der Waals surface area contributed by atoms with Crippen LogP contribution >= 0.6 is 0 Å². The van der Waals surface area contributed by atoms with Gasteiger partial charge in [-0.05, 0) is 31.5 Å². The molecule has 3 aromatic rings. The highest BCUT2D eigenvalue weighted by Gasteiger charge is 2.29. The van der Waals surface area contributed by atoms with Gasteiger partial charge in [-0.3, -0.25) is 4.90 Å². The van der Waals surface area contributed by atoms with Crippen molar-refractivity contribution in [3.05, 3.63) is 71.1 Å². The third-order valence-electron chi connectivity index (χ3n) is 4.87. The maximum Gasteiger partial charge on any atom is 0.231 e. The standard InChI is InChI=1S/C20H19F2N3O/c1-13-5-2-3-7-16(13)19-23-20(26-24-19)15-9-10-25(12-15)11-14-6-4-8-17(21)18(14)22/h2-8,15H,9-12H2,1H3/t15-/m0/s1. The molecule has 26 heavy (non-hydrogen) atoms. The van der Waals surface area contributed by atoms with E-state index in [9.17, 15) is 8.78 Å². The minimum atomic E-state index is -0.807. The van der Waals surface area contributed by atoms with E-state index in [0.29, 0.717) is 30.4 Å². The Morgan fingerprint density at radius 3 is 2.85 bits per heavy atom. The third kappa shape index (κ3) is 3.24. The van der Waals surface area contributed by atoms with Crippen LogP contribution in [0.2, 0.25) is 0 Å². The average molecular weight is 355 g/mol. The highest BCUT2D eigenvalue weighted by Crippen LogP contribution is 2.29.